The molecule has 0 aliphatic carbocycles. The molecule has 27 heavy (non-hydrogen) atoms. The van der Waals surface area contributed by atoms with E-state index in [-0.39, 0.29) is 17.3 Å². The Morgan fingerprint density at radius 3 is 2.48 bits per heavy atom. The Bertz CT molecular complexity index is 793. The Hall–Kier alpha value is -3.29. The third-order valence-corrected chi connectivity index (χ3v) is 4.06. The molecule has 1 N–H and O–H groups in total. The van der Waals surface area contributed by atoms with Crippen LogP contribution >= 0.6 is 0 Å². The predicted octanol–water partition coefficient (Wildman–Crippen LogP) is 2.53. The van der Waals surface area contributed by atoms with Crippen molar-refractivity contribution in [3.63, 3.8) is 0 Å². The van der Waals surface area contributed by atoms with Crippen LogP contribution in [-0.2, 0) is 16.0 Å². The fourth-order valence-electron chi connectivity index (χ4n) is 2.73. The smallest absolute Gasteiger partial charge is 0.328 e. The zero-order valence-electron chi connectivity index (χ0n) is 15.1. The minimum atomic E-state index is -0.808. The van der Waals surface area contributed by atoms with Crippen LogP contribution in [0.3, 0.4) is 0 Å². The number of non-ortho nitro benzene ring substituents is 1. The number of hydrogen-bond acceptors (Lipinski definition) is 6. The molecule has 8 nitrogen and oxygen atoms in total. The number of amides is 1. The first-order valence-electron chi connectivity index (χ1n) is 8.43. The summed E-state index contributed by atoms with van der Waals surface area (Å²) in [6, 6.07) is 10.4. The maximum atomic E-state index is 12.3. The molecule has 0 radical (unpaired) electrons. The molecule has 142 valence electrons. The van der Waals surface area contributed by atoms with E-state index in [4.69, 9.17) is 4.74 Å². The summed E-state index contributed by atoms with van der Waals surface area (Å²) in [7, 11) is 1.27. The molecular weight excluding hydrogens is 350 g/mol. The first-order valence-corrected chi connectivity index (χ1v) is 8.43. The van der Waals surface area contributed by atoms with E-state index >= 15 is 0 Å². The minimum absolute atomic E-state index is 0.0274. The van der Waals surface area contributed by atoms with Crippen molar-refractivity contribution in [1.29, 1.82) is 0 Å². The van der Waals surface area contributed by atoms with E-state index in [1.54, 1.807) is 30.3 Å². The van der Waals surface area contributed by atoms with E-state index in [1.807, 2.05) is 6.92 Å². The number of carbonyl (C=O) groups is 2. The van der Waals surface area contributed by atoms with Gasteiger partial charge in [0.15, 0.2) is 0 Å². The van der Waals surface area contributed by atoms with Gasteiger partial charge in [-0.1, -0.05) is 25.1 Å². The van der Waals surface area contributed by atoms with Gasteiger partial charge in [-0.3, -0.25) is 19.9 Å². The zero-order chi connectivity index (χ0) is 19.8. The van der Waals surface area contributed by atoms with Crippen LogP contribution in [0.5, 0.6) is 0 Å². The number of nitro groups is 1. The van der Waals surface area contributed by atoms with Crippen molar-refractivity contribution in [3.05, 3.63) is 70.0 Å². The van der Waals surface area contributed by atoms with Gasteiger partial charge in [-0.15, -0.1) is 0 Å². The molecule has 2 unspecified atom stereocenters. The molecule has 2 rings (SSSR count). The summed E-state index contributed by atoms with van der Waals surface area (Å²) in [4.78, 5) is 38.6. The molecule has 0 aliphatic rings. The topological polar surface area (TPSA) is 111 Å². The second-order valence-corrected chi connectivity index (χ2v) is 6.23. The van der Waals surface area contributed by atoms with Gasteiger partial charge in [0.05, 0.1) is 12.0 Å². The predicted molar refractivity (Wildman–Crippen MR) is 98.1 cm³/mol. The first-order chi connectivity index (χ1) is 12.9. The summed E-state index contributed by atoms with van der Waals surface area (Å²) in [6.07, 6.45) is 2.46. The molecule has 1 amide bonds. The number of hydrogen-bond donors (Lipinski definition) is 1. The monoisotopic (exact) mass is 371 g/mol. The van der Waals surface area contributed by atoms with E-state index in [0.29, 0.717) is 12.8 Å². The van der Waals surface area contributed by atoms with Crippen molar-refractivity contribution in [2.24, 2.45) is 5.92 Å². The van der Waals surface area contributed by atoms with Crippen molar-refractivity contribution in [3.8, 4) is 0 Å². The molecule has 2 aromatic rings. The van der Waals surface area contributed by atoms with Gasteiger partial charge in [-0.25, -0.2) is 4.79 Å². The Morgan fingerprint density at radius 2 is 1.93 bits per heavy atom. The second-order valence-electron chi connectivity index (χ2n) is 6.23. The van der Waals surface area contributed by atoms with Gasteiger partial charge in [0.25, 0.3) is 11.6 Å². The number of nitrogens with one attached hydrogen (secondary N) is 1. The van der Waals surface area contributed by atoms with Gasteiger partial charge < -0.3 is 10.1 Å². The Morgan fingerprint density at radius 1 is 1.22 bits per heavy atom. The first kappa shape index (κ1) is 20.0. The van der Waals surface area contributed by atoms with Gasteiger partial charge in [0.1, 0.15) is 11.7 Å². The molecule has 0 fully saturated rings. The lowest BCUT2D eigenvalue weighted by molar-refractivity contribution is -0.384. The molecule has 0 saturated heterocycles. The number of pyridine rings is 1. The summed E-state index contributed by atoms with van der Waals surface area (Å²) in [5.41, 5.74) is 1.16. The van der Waals surface area contributed by atoms with Gasteiger partial charge in [-0.05, 0) is 36.5 Å². The quantitative estimate of drug-likeness (QED) is 0.434. The largest absolute Gasteiger partial charge is 0.467 e. The van der Waals surface area contributed by atoms with Crippen LogP contribution < -0.4 is 5.32 Å². The Kier molecular flexibility index (Phi) is 6.99. The fraction of sp³-hybridized carbons (Fsp3) is 0.316. The maximum Gasteiger partial charge on any atom is 0.328 e. The number of ether oxygens (including phenoxy) is 1. The van der Waals surface area contributed by atoms with E-state index in [1.165, 1.54) is 25.4 Å². The Balaban J connectivity index is 2.01. The minimum Gasteiger partial charge on any atom is -0.467 e. The number of rotatable bonds is 8. The normalized spacial score (nSPS) is 12.7. The highest BCUT2D eigenvalue weighted by atomic mass is 16.6. The van der Waals surface area contributed by atoms with Gasteiger partial charge in [0, 0.05) is 18.3 Å². The summed E-state index contributed by atoms with van der Waals surface area (Å²) in [5.74, 6) is -0.956. The molecule has 0 aliphatic heterocycles. The fourth-order valence-corrected chi connectivity index (χ4v) is 2.73. The highest BCUT2D eigenvalue weighted by Gasteiger charge is 2.25. The van der Waals surface area contributed by atoms with E-state index in [2.05, 4.69) is 10.3 Å². The van der Waals surface area contributed by atoms with Crippen molar-refractivity contribution in [2.75, 3.05) is 7.11 Å². The molecule has 2 atom stereocenters. The van der Waals surface area contributed by atoms with Crippen LogP contribution in [0.25, 0.3) is 0 Å². The number of nitrogens with zero attached hydrogens (tertiary/aromatic N) is 2. The SMILES string of the molecule is COC(=O)C(CC(C)Cc1ccc([N+](=O)[O-])cc1)NC(=O)c1ccccn1. The van der Waals surface area contributed by atoms with Crippen LogP contribution in [0.15, 0.2) is 48.7 Å². The third kappa shape index (κ3) is 5.88. The number of aromatic nitrogens is 1. The molecule has 1 aromatic heterocycles. The van der Waals surface area contributed by atoms with Gasteiger partial charge in [0.2, 0.25) is 0 Å². The van der Waals surface area contributed by atoms with Crippen LogP contribution in [0.1, 0.15) is 29.4 Å². The highest BCUT2D eigenvalue weighted by Crippen LogP contribution is 2.18. The average Bonchev–Trinajstić information content (AvgIpc) is 2.67. The number of esters is 1. The van der Waals surface area contributed by atoms with Crippen molar-refractivity contribution < 1.29 is 19.2 Å². The lowest BCUT2D eigenvalue weighted by atomic mass is 9.94. The molecule has 1 aromatic carbocycles. The van der Waals surface area contributed by atoms with E-state index < -0.39 is 22.8 Å². The molecule has 1 heterocycles. The third-order valence-electron chi connectivity index (χ3n) is 4.06. The molecule has 0 saturated carbocycles. The standard InChI is InChI=1S/C19H21N3O5/c1-13(11-14-6-8-15(9-7-14)22(25)26)12-17(19(24)27-2)21-18(23)16-5-3-4-10-20-16/h3-10,13,17H,11-12H2,1-2H3,(H,21,23). The van der Waals surface area contributed by atoms with Crippen LogP contribution in [0.2, 0.25) is 0 Å². The summed E-state index contributed by atoms with van der Waals surface area (Å²) in [5, 5.41) is 13.4. The van der Waals surface area contributed by atoms with Crippen LogP contribution in [0, 0.1) is 16.0 Å². The van der Waals surface area contributed by atoms with E-state index in [0.717, 1.165) is 5.56 Å². The van der Waals surface area contributed by atoms with E-state index in [9.17, 15) is 19.7 Å². The van der Waals surface area contributed by atoms with Crippen LogP contribution in [0.4, 0.5) is 5.69 Å². The van der Waals surface area contributed by atoms with Crippen molar-refractivity contribution in [1.82, 2.24) is 10.3 Å². The zero-order valence-corrected chi connectivity index (χ0v) is 15.1. The molecule has 8 heteroatoms. The number of benzene rings is 1. The molecule has 0 spiro atoms. The second kappa shape index (κ2) is 9.42. The number of methoxy groups -OCH3 is 1. The lowest BCUT2D eigenvalue weighted by Gasteiger charge is -2.20. The molecule has 0 bridgehead atoms. The van der Waals surface area contributed by atoms with Gasteiger partial charge in [-0.2, -0.15) is 0 Å². The summed E-state index contributed by atoms with van der Waals surface area (Å²) >= 11 is 0. The maximum absolute atomic E-state index is 12.3. The van der Waals surface area contributed by atoms with Gasteiger partial charge >= 0.3 is 5.97 Å². The number of nitro benzene ring substituents is 1. The average molecular weight is 371 g/mol. The Labute approximate surface area is 156 Å². The van der Waals surface area contributed by atoms with Crippen molar-refractivity contribution >= 4 is 17.6 Å². The highest BCUT2D eigenvalue weighted by molar-refractivity contribution is 5.95. The molecular formula is C19H21N3O5. The number of carbonyl (C=O) groups excluding carboxylic acids is 2. The lowest BCUT2D eigenvalue weighted by Crippen LogP contribution is -2.43. The van der Waals surface area contributed by atoms with Crippen molar-refractivity contribution in [2.45, 2.75) is 25.8 Å². The van der Waals surface area contributed by atoms with Crippen LogP contribution in [-0.4, -0.2) is 34.9 Å². The summed E-state index contributed by atoms with van der Waals surface area (Å²) < 4.78 is 4.79. The summed E-state index contributed by atoms with van der Waals surface area (Å²) in [6.45, 7) is 1.93.